The molecule has 0 heterocycles. The van der Waals surface area contributed by atoms with Gasteiger partial charge in [-0.2, -0.15) is 0 Å². The van der Waals surface area contributed by atoms with Gasteiger partial charge in [0.05, 0.1) is 0 Å². The van der Waals surface area contributed by atoms with E-state index in [2.05, 4.69) is 6.92 Å². The zero-order chi connectivity index (χ0) is 15.6. The average Bonchev–Trinajstić information content (AvgIpc) is 2.35. The van der Waals surface area contributed by atoms with E-state index >= 15 is 0 Å². The molecule has 0 aliphatic rings. The average molecular weight is 313 g/mol. The van der Waals surface area contributed by atoms with Gasteiger partial charge in [0.1, 0.15) is 0 Å². The molecule has 0 aromatic heterocycles. The van der Waals surface area contributed by atoms with Gasteiger partial charge < -0.3 is 10.2 Å². The highest BCUT2D eigenvalue weighted by atomic mass is 24.3. The highest BCUT2D eigenvalue weighted by Crippen LogP contribution is 2.34. The molecule has 0 aliphatic heterocycles. The first-order valence-corrected chi connectivity index (χ1v) is 7.86. The summed E-state index contributed by atoms with van der Waals surface area (Å²) < 4.78 is 0. The first-order valence-electron chi connectivity index (χ1n) is 7.86. The van der Waals surface area contributed by atoms with Gasteiger partial charge in [0.15, 0.2) is 5.41 Å². The van der Waals surface area contributed by atoms with E-state index in [1.54, 1.807) is 13.8 Å². The number of unbranched alkanes of at least 4 members (excludes halogenated alkanes) is 7. The molecule has 21 heavy (non-hydrogen) atoms. The third kappa shape index (κ3) is 7.50. The molecule has 4 nitrogen and oxygen atoms in total. The minimum Gasteiger partial charge on any atom is -0.480 e. The quantitative estimate of drug-likeness (QED) is 0.329. The molecule has 0 aromatic carbocycles. The van der Waals surface area contributed by atoms with Crippen LogP contribution in [0.3, 0.4) is 0 Å². The van der Waals surface area contributed by atoms with Crippen LogP contribution >= 0.6 is 0 Å². The Kier molecular flexibility index (Phi) is 13.4. The molecular weight excluding hydrogens is 280 g/mol. The van der Waals surface area contributed by atoms with E-state index in [9.17, 15) is 19.8 Å². The van der Waals surface area contributed by atoms with Gasteiger partial charge in [0.25, 0.3) is 0 Å². The van der Waals surface area contributed by atoms with Crippen molar-refractivity contribution in [3.63, 3.8) is 0 Å². The van der Waals surface area contributed by atoms with Gasteiger partial charge in [-0.3, -0.25) is 9.59 Å². The molecule has 0 saturated heterocycles. The lowest BCUT2D eigenvalue weighted by Gasteiger charge is -2.28. The van der Waals surface area contributed by atoms with Gasteiger partial charge in [0.2, 0.25) is 0 Å². The van der Waals surface area contributed by atoms with Crippen molar-refractivity contribution in [1.82, 2.24) is 0 Å². The van der Waals surface area contributed by atoms with E-state index in [1.165, 1.54) is 25.7 Å². The SMILES string of the molecule is CCCCCCCCCCC(C(=O)O)(C(=O)O)C(C)C.[MgH2]. The molecule has 0 aliphatic carbocycles. The maximum absolute atomic E-state index is 11.4. The third-order valence-electron chi connectivity index (χ3n) is 4.17. The first-order chi connectivity index (χ1) is 9.39. The largest absolute Gasteiger partial charge is 0.480 e. The van der Waals surface area contributed by atoms with Crippen LogP contribution < -0.4 is 0 Å². The molecule has 0 unspecified atom stereocenters. The van der Waals surface area contributed by atoms with Crippen molar-refractivity contribution in [3.05, 3.63) is 0 Å². The van der Waals surface area contributed by atoms with E-state index in [1.807, 2.05) is 0 Å². The molecule has 5 heteroatoms. The zero-order valence-electron chi connectivity index (χ0n) is 13.2. The fourth-order valence-electron chi connectivity index (χ4n) is 2.63. The number of carboxylic acids is 2. The Hall–Kier alpha value is -0.294. The second-order valence-electron chi connectivity index (χ2n) is 5.96. The van der Waals surface area contributed by atoms with Crippen LogP contribution in [0.25, 0.3) is 0 Å². The smallest absolute Gasteiger partial charge is 0.321 e. The summed E-state index contributed by atoms with van der Waals surface area (Å²) in [6, 6.07) is 0. The van der Waals surface area contributed by atoms with Gasteiger partial charge >= 0.3 is 35.0 Å². The van der Waals surface area contributed by atoms with Gasteiger partial charge in [-0.15, -0.1) is 0 Å². The van der Waals surface area contributed by atoms with Crippen molar-refractivity contribution in [2.45, 2.75) is 78.6 Å². The number of carboxylic acid groups (broad SMARTS) is 2. The summed E-state index contributed by atoms with van der Waals surface area (Å²) in [5.74, 6) is -2.81. The Balaban J connectivity index is 0. The number of rotatable bonds is 12. The van der Waals surface area contributed by atoms with Crippen molar-refractivity contribution < 1.29 is 19.8 Å². The second-order valence-corrected chi connectivity index (χ2v) is 5.96. The van der Waals surface area contributed by atoms with Crippen LogP contribution in [0.2, 0.25) is 0 Å². The molecule has 0 saturated carbocycles. The minimum absolute atomic E-state index is 0. The predicted molar refractivity (Wildman–Crippen MR) is 88.3 cm³/mol. The molecule has 0 atom stereocenters. The van der Waals surface area contributed by atoms with E-state index < -0.39 is 23.3 Å². The molecule has 0 bridgehead atoms. The number of hydrogen-bond acceptors (Lipinski definition) is 2. The van der Waals surface area contributed by atoms with E-state index in [4.69, 9.17) is 0 Å². The third-order valence-corrected chi connectivity index (χ3v) is 4.17. The van der Waals surface area contributed by atoms with Crippen molar-refractivity contribution in [2.24, 2.45) is 11.3 Å². The summed E-state index contributed by atoms with van der Waals surface area (Å²) in [6.45, 7) is 5.53. The summed E-state index contributed by atoms with van der Waals surface area (Å²) in [6.07, 6.45) is 9.03. The minimum atomic E-state index is -1.62. The van der Waals surface area contributed by atoms with Crippen LogP contribution in [0.4, 0.5) is 0 Å². The number of aliphatic carboxylic acids is 2. The maximum Gasteiger partial charge on any atom is 0.321 e. The Morgan fingerprint density at radius 2 is 1.24 bits per heavy atom. The summed E-state index contributed by atoms with van der Waals surface area (Å²) in [7, 11) is 0. The molecule has 0 rings (SSSR count). The second kappa shape index (κ2) is 12.3. The van der Waals surface area contributed by atoms with Crippen LogP contribution in [-0.4, -0.2) is 45.2 Å². The van der Waals surface area contributed by atoms with E-state index in [0.29, 0.717) is 6.42 Å². The Bertz CT molecular complexity index is 289. The maximum atomic E-state index is 11.4. The fourth-order valence-corrected chi connectivity index (χ4v) is 2.63. The van der Waals surface area contributed by atoms with Crippen molar-refractivity contribution >= 4 is 35.0 Å². The lowest BCUT2D eigenvalue weighted by atomic mass is 9.73. The van der Waals surface area contributed by atoms with Crippen molar-refractivity contribution in [2.75, 3.05) is 0 Å². The number of carbonyl (C=O) groups is 2. The van der Waals surface area contributed by atoms with Gasteiger partial charge in [-0.25, -0.2) is 0 Å². The molecule has 0 radical (unpaired) electrons. The predicted octanol–water partition coefficient (Wildman–Crippen LogP) is 3.41. The fraction of sp³-hybridized carbons (Fsp3) is 0.875. The standard InChI is InChI=1S/C16H30O4.Mg.2H/c1-4-5-6-7-8-9-10-11-12-16(13(2)3,14(17)18)15(19)20;;;/h13H,4-12H2,1-3H3,(H,17,18)(H,19,20);;;. The summed E-state index contributed by atoms with van der Waals surface area (Å²) in [4.78, 5) is 22.7. The Morgan fingerprint density at radius 1 is 0.857 bits per heavy atom. The van der Waals surface area contributed by atoms with Crippen LogP contribution in [0.15, 0.2) is 0 Å². The highest BCUT2D eigenvalue weighted by molar-refractivity contribution is 5.98. The monoisotopic (exact) mass is 312 g/mol. The molecule has 0 amide bonds. The summed E-state index contributed by atoms with van der Waals surface area (Å²) in [5, 5.41) is 18.6. The number of hydrogen-bond donors (Lipinski definition) is 2. The molecule has 122 valence electrons. The molecule has 0 aromatic rings. The van der Waals surface area contributed by atoms with Gasteiger partial charge in [-0.1, -0.05) is 72.1 Å². The van der Waals surface area contributed by atoms with Crippen LogP contribution in [0, 0.1) is 11.3 Å². The van der Waals surface area contributed by atoms with Gasteiger partial charge in [0, 0.05) is 0 Å². The lowest BCUT2D eigenvalue weighted by Crippen LogP contribution is -2.43. The topological polar surface area (TPSA) is 74.6 Å². The van der Waals surface area contributed by atoms with Crippen LogP contribution in [-0.2, 0) is 9.59 Å². The summed E-state index contributed by atoms with van der Waals surface area (Å²) >= 11 is 0. The normalized spacial score (nSPS) is 11.2. The van der Waals surface area contributed by atoms with Crippen LogP contribution in [0.1, 0.15) is 78.6 Å². The van der Waals surface area contributed by atoms with Gasteiger partial charge in [-0.05, 0) is 12.3 Å². The van der Waals surface area contributed by atoms with Crippen molar-refractivity contribution in [1.29, 1.82) is 0 Å². The van der Waals surface area contributed by atoms with Crippen LogP contribution in [0.5, 0.6) is 0 Å². The molecule has 0 fully saturated rings. The molecule has 2 N–H and O–H groups in total. The lowest BCUT2D eigenvalue weighted by molar-refractivity contribution is -0.169. The summed E-state index contributed by atoms with van der Waals surface area (Å²) in [5.41, 5.74) is -1.62. The Morgan fingerprint density at radius 3 is 1.57 bits per heavy atom. The first kappa shape index (κ1) is 23.0. The molecule has 0 spiro atoms. The Labute approximate surface area is 144 Å². The highest BCUT2D eigenvalue weighted by Gasteiger charge is 2.48. The van der Waals surface area contributed by atoms with Crippen molar-refractivity contribution in [3.8, 4) is 0 Å². The van der Waals surface area contributed by atoms with E-state index in [-0.39, 0.29) is 29.5 Å². The molecular formula is C16H32MgO4. The van der Waals surface area contributed by atoms with E-state index in [0.717, 1.165) is 19.3 Å². The zero-order valence-corrected chi connectivity index (χ0v) is 13.2.